The normalized spacial score (nSPS) is 28.3. The molecule has 0 spiro atoms. The topological polar surface area (TPSA) is 307 Å². The smallest absolute Gasteiger partial charge is 0.220 e. The number of carbonyl (C=O) groups excluding carboxylic acids is 1. The van der Waals surface area contributed by atoms with Crippen LogP contribution in [0.15, 0.2) is 48.6 Å². The van der Waals surface area contributed by atoms with Crippen LogP contribution in [0.25, 0.3) is 0 Å². The average molecular weight is 1280 g/mol. The van der Waals surface area contributed by atoms with Crippen molar-refractivity contribution in [3.8, 4) is 0 Å². The summed E-state index contributed by atoms with van der Waals surface area (Å²) in [5.74, 6) is -0.283. The summed E-state index contributed by atoms with van der Waals surface area (Å²) in [7, 11) is 0. The lowest BCUT2D eigenvalue weighted by Gasteiger charge is -2.48. The number of aliphatic hydroxyl groups is 11. The first-order valence-electron chi connectivity index (χ1n) is 35.9. The number of allylic oxidation sites excluding steroid dienone is 7. The van der Waals surface area contributed by atoms with Gasteiger partial charge in [-0.1, -0.05) is 242 Å². The molecule has 19 nitrogen and oxygen atoms in total. The van der Waals surface area contributed by atoms with E-state index in [1.54, 1.807) is 6.08 Å². The second-order valence-corrected chi connectivity index (χ2v) is 25.7. The van der Waals surface area contributed by atoms with E-state index in [0.29, 0.717) is 12.8 Å². The van der Waals surface area contributed by atoms with Crippen LogP contribution in [0.5, 0.6) is 0 Å². The zero-order valence-corrected chi connectivity index (χ0v) is 55.6. The van der Waals surface area contributed by atoms with Gasteiger partial charge in [-0.05, 0) is 64.2 Å². The summed E-state index contributed by atoms with van der Waals surface area (Å²) in [6.07, 6.45) is 36.8. The molecule has 526 valence electrons. The highest BCUT2D eigenvalue weighted by Crippen LogP contribution is 2.33. The number of hydrogen-bond acceptors (Lipinski definition) is 18. The van der Waals surface area contributed by atoms with Gasteiger partial charge in [0.2, 0.25) is 5.91 Å². The van der Waals surface area contributed by atoms with E-state index < -0.39 is 124 Å². The fourth-order valence-electron chi connectivity index (χ4n) is 12.0. The molecule has 0 aliphatic carbocycles. The van der Waals surface area contributed by atoms with Crippen LogP contribution in [0, 0.1) is 0 Å². The van der Waals surface area contributed by atoms with Crippen molar-refractivity contribution in [2.45, 2.75) is 369 Å². The van der Waals surface area contributed by atoms with E-state index in [2.05, 4.69) is 55.6 Å². The molecule has 0 bridgehead atoms. The van der Waals surface area contributed by atoms with Crippen LogP contribution < -0.4 is 5.32 Å². The molecular weight excluding hydrogens is 1150 g/mol. The number of carbonyl (C=O) groups is 1. The van der Waals surface area contributed by atoms with E-state index in [1.165, 1.54) is 186 Å². The van der Waals surface area contributed by atoms with E-state index >= 15 is 0 Å². The maximum atomic E-state index is 13.4. The lowest BCUT2D eigenvalue weighted by atomic mass is 9.96. The van der Waals surface area contributed by atoms with Crippen LogP contribution in [0.3, 0.4) is 0 Å². The number of unbranched alkanes of at least 4 members (excludes halogenated alkanes) is 33. The second-order valence-electron chi connectivity index (χ2n) is 25.7. The Morgan fingerprint density at radius 3 is 1.18 bits per heavy atom. The third-order valence-corrected chi connectivity index (χ3v) is 17.8. The maximum absolute atomic E-state index is 13.4. The van der Waals surface area contributed by atoms with Gasteiger partial charge in [0.05, 0.1) is 38.6 Å². The predicted molar refractivity (Wildman–Crippen MR) is 351 cm³/mol. The van der Waals surface area contributed by atoms with Gasteiger partial charge in [0.15, 0.2) is 18.9 Å². The van der Waals surface area contributed by atoms with E-state index in [0.717, 1.165) is 44.9 Å². The van der Waals surface area contributed by atoms with Crippen molar-refractivity contribution in [1.29, 1.82) is 0 Å². The third kappa shape index (κ3) is 34.4. The fourth-order valence-corrected chi connectivity index (χ4v) is 12.0. The molecule has 3 aliphatic heterocycles. The lowest BCUT2D eigenvalue weighted by Crippen LogP contribution is -2.66. The van der Waals surface area contributed by atoms with Crippen LogP contribution in [-0.2, 0) is 33.2 Å². The van der Waals surface area contributed by atoms with Crippen molar-refractivity contribution >= 4 is 5.91 Å². The Balaban J connectivity index is 1.37. The van der Waals surface area contributed by atoms with Crippen LogP contribution >= 0.6 is 0 Å². The summed E-state index contributed by atoms with van der Waals surface area (Å²) in [5.41, 5.74) is 0. The Kier molecular flexibility index (Phi) is 48.2. The van der Waals surface area contributed by atoms with Gasteiger partial charge in [-0.25, -0.2) is 0 Å². The van der Waals surface area contributed by atoms with Crippen molar-refractivity contribution in [1.82, 2.24) is 5.32 Å². The van der Waals surface area contributed by atoms with Crippen molar-refractivity contribution in [3.63, 3.8) is 0 Å². The lowest BCUT2D eigenvalue weighted by molar-refractivity contribution is -0.379. The first kappa shape index (κ1) is 82.0. The molecule has 90 heavy (non-hydrogen) atoms. The standard InChI is InChI=1S/C71H129NO18/c1-3-5-7-9-11-13-15-17-19-20-21-22-23-24-25-26-27-28-29-30-31-32-33-34-35-37-39-41-43-45-47-49-59(77)72-54(55(76)48-46-44-42-40-38-36-18-16-14-12-10-8-6-4-2)53-85-69-65(83)62(80)67(57(51-74)87-69)90-71-66(84)63(81)68(58(52-75)88-71)89-70-64(82)61(79)60(78)56(50-73)86-70/h15,17,20-21,38,40,46,48,54-58,60-71,73-76,78-84H,3-14,16,18-19,22-37,39,41-45,47,49-53H2,1-2H3,(H,72,77)/b17-15-,21-20-,40-38+,48-46+. The molecule has 3 rings (SSSR count). The molecule has 3 heterocycles. The van der Waals surface area contributed by atoms with Crippen LogP contribution in [-0.4, -0.2) is 193 Å². The molecule has 0 aromatic rings. The molecule has 0 aromatic heterocycles. The number of ether oxygens (including phenoxy) is 6. The first-order chi connectivity index (χ1) is 43.8. The van der Waals surface area contributed by atoms with Gasteiger partial charge in [-0.2, -0.15) is 0 Å². The first-order valence-corrected chi connectivity index (χ1v) is 35.9. The fraction of sp³-hybridized carbons (Fsp3) is 0.873. The van der Waals surface area contributed by atoms with Gasteiger partial charge in [0.25, 0.3) is 0 Å². The van der Waals surface area contributed by atoms with Gasteiger partial charge in [0, 0.05) is 6.42 Å². The van der Waals surface area contributed by atoms with Crippen LogP contribution in [0.1, 0.15) is 264 Å². The van der Waals surface area contributed by atoms with E-state index in [9.17, 15) is 61.0 Å². The van der Waals surface area contributed by atoms with Crippen LogP contribution in [0.2, 0.25) is 0 Å². The number of hydrogen-bond donors (Lipinski definition) is 12. The Bertz CT molecular complexity index is 1820. The number of nitrogens with one attached hydrogen (secondary N) is 1. The van der Waals surface area contributed by atoms with Gasteiger partial charge in [-0.3, -0.25) is 4.79 Å². The van der Waals surface area contributed by atoms with Gasteiger partial charge >= 0.3 is 0 Å². The Morgan fingerprint density at radius 1 is 0.400 bits per heavy atom. The Morgan fingerprint density at radius 2 is 0.744 bits per heavy atom. The molecule has 1 amide bonds. The minimum Gasteiger partial charge on any atom is -0.394 e. The zero-order valence-electron chi connectivity index (χ0n) is 55.6. The highest BCUT2D eigenvalue weighted by Gasteiger charge is 2.53. The molecule has 19 heteroatoms. The van der Waals surface area contributed by atoms with Crippen molar-refractivity contribution in [2.24, 2.45) is 0 Å². The largest absolute Gasteiger partial charge is 0.394 e. The Labute approximate surface area is 542 Å². The molecule has 17 unspecified atom stereocenters. The minimum absolute atomic E-state index is 0.237. The summed E-state index contributed by atoms with van der Waals surface area (Å²) >= 11 is 0. The third-order valence-electron chi connectivity index (χ3n) is 17.8. The Hall–Kier alpha value is -2.25. The molecule has 3 saturated heterocycles. The highest BCUT2D eigenvalue weighted by molar-refractivity contribution is 5.76. The van der Waals surface area contributed by atoms with Gasteiger partial charge in [-0.15, -0.1) is 0 Å². The summed E-state index contributed by atoms with van der Waals surface area (Å²) in [4.78, 5) is 13.4. The summed E-state index contributed by atoms with van der Waals surface area (Å²) < 4.78 is 34.3. The number of aliphatic hydroxyl groups excluding tert-OH is 11. The van der Waals surface area contributed by atoms with Crippen molar-refractivity contribution in [2.75, 3.05) is 26.4 Å². The second kappa shape index (κ2) is 53.0. The molecule has 3 aliphatic rings. The molecule has 17 atom stereocenters. The van der Waals surface area contributed by atoms with Crippen molar-refractivity contribution in [3.05, 3.63) is 48.6 Å². The molecular formula is C71H129NO18. The van der Waals surface area contributed by atoms with E-state index in [-0.39, 0.29) is 18.9 Å². The van der Waals surface area contributed by atoms with E-state index in [1.807, 2.05) is 6.08 Å². The van der Waals surface area contributed by atoms with Crippen LogP contribution in [0.4, 0.5) is 0 Å². The van der Waals surface area contributed by atoms with Gasteiger partial charge < -0.3 is 89.9 Å². The number of rotatable bonds is 55. The predicted octanol–water partition coefficient (Wildman–Crippen LogP) is 9.78. The monoisotopic (exact) mass is 1280 g/mol. The van der Waals surface area contributed by atoms with Crippen molar-refractivity contribution < 1.29 is 89.4 Å². The molecule has 0 saturated carbocycles. The van der Waals surface area contributed by atoms with E-state index in [4.69, 9.17) is 28.4 Å². The summed E-state index contributed by atoms with van der Waals surface area (Å²) in [5, 5.41) is 120. The summed E-state index contributed by atoms with van der Waals surface area (Å²) in [6.45, 7) is 1.70. The zero-order chi connectivity index (χ0) is 65.4. The SMILES string of the molecule is CCCCCCC/C=C\C/C=C\CCCCCCCCCCCCCCCCCCCCCC(=O)NC(COC1OC(CO)C(OC2OC(CO)C(OC3OC(CO)C(O)C(O)C3O)C(O)C2O)C(O)C1O)C(O)/C=C/CC/C=C/CCCCCCCCCC. The molecule has 12 N–H and O–H groups in total. The quantitative estimate of drug-likeness (QED) is 0.0199. The highest BCUT2D eigenvalue weighted by atomic mass is 16.8. The summed E-state index contributed by atoms with van der Waals surface area (Å²) in [6, 6.07) is -0.989. The maximum Gasteiger partial charge on any atom is 0.220 e. The molecule has 0 radical (unpaired) electrons. The minimum atomic E-state index is -1.98. The molecule has 3 fully saturated rings. The average Bonchev–Trinajstić information content (AvgIpc) is 0.908. The number of amides is 1. The molecule has 0 aromatic carbocycles. The van der Waals surface area contributed by atoms with Gasteiger partial charge in [0.1, 0.15) is 73.2 Å².